The molecule has 0 unspecified atom stereocenters. The van der Waals surface area contributed by atoms with Crippen LogP contribution in [0.25, 0.3) is 0 Å². The quantitative estimate of drug-likeness (QED) is 0.518. The molecule has 0 N–H and O–H groups in total. The number of rotatable bonds is 9. The Morgan fingerprint density at radius 1 is 0.864 bits per heavy atom. The molecule has 0 amide bonds. The van der Waals surface area contributed by atoms with Crippen molar-refractivity contribution in [3.8, 4) is 0 Å². The predicted molar refractivity (Wildman–Crippen MR) is 94.1 cm³/mol. The minimum atomic E-state index is 0.618. The number of hydrogen-bond donors (Lipinski definition) is 0. The number of aromatic nitrogens is 2. The smallest absolute Gasteiger partial charge is 0.131 e. The Morgan fingerprint density at radius 3 is 2.14 bits per heavy atom. The molecule has 1 aliphatic carbocycles. The maximum Gasteiger partial charge on any atom is 0.131 e. The lowest BCUT2D eigenvalue weighted by atomic mass is 9.79. The lowest BCUT2D eigenvalue weighted by Gasteiger charge is -2.27. The molecule has 0 saturated heterocycles. The predicted octanol–water partition coefficient (Wildman–Crippen LogP) is 6.06. The second kappa shape index (κ2) is 9.97. The van der Waals surface area contributed by atoms with Crippen molar-refractivity contribution < 1.29 is 0 Å². The Labute approximate surface area is 137 Å². The van der Waals surface area contributed by atoms with Crippen LogP contribution in [0.2, 0.25) is 0 Å². The summed E-state index contributed by atoms with van der Waals surface area (Å²) in [6, 6.07) is 0. The van der Waals surface area contributed by atoms with E-state index >= 15 is 0 Å². The minimum absolute atomic E-state index is 0.618. The van der Waals surface area contributed by atoms with E-state index in [1.165, 1.54) is 76.2 Å². The van der Waals surface area contributed by atoms with E-state index in [0.717, 1.165) is 18.2 Å². The molecule has 1 saturated carbocycles. The van der Waals surface area contributed by atoms with Crippen molar-refractivity contribution in [1.29, 1.82) is 0 Å². The van der Waals surface area contributed by atoms with Crippen LogP contribution in [0, 0.1) is 5.92 Å². The van der Waals surface area contributed by atoms with Gasteiger partial charge in [-0.25, -0.2) is 9.97 Å². The van der Waals surface area contributed by atoms with Gasteiger partial charge in [-0.3, -0.25) is 0 Å². The number of hydrogen-bond acceptors (Lipinski definition) is 2. The van der Waals surface area contributed by atoms with Crippen LogP contribution < -0.4 is 0 Å². The summed E-state index contributed by atoms with van der Waals surface area (Å²) >= 11 is 0. The lowest BCUT2D eigenvalue weighted by molar-refractivity contribution is 0.297. The molecule has 0 spiro atoms. The van der Waals surface area contributed by atoms with E-state index < -0.39 is 0 Å². The van der Waals surface area contributed by atoms with Crippen molar-refractivity contribution in [1.82, 2.24) is 9.97 Å². The SMILES string of the molecule is CCCCCc1cnc(C2CCC(CCCCC)CC2)nc1. The molecular weight excluding hydrogens is 268 g/mol. The number of nitrogens with zero attached hydrogens (tertiary/aromatic N) is 2. The monoisotopic (exact) mass is 302 g/mol. The summed E-state index contributed by atoms with van der Waals surface area (Å²) in [5, 5.41) is 0. The van der Waals surface area contributed by atoms with E-state index in [2.05, 4.69) is 36.2 Å². The Balaban J connectivity index is 1.74. The van der Waals surface area contributed by atoms with Crippen molar-refractivity contribution in [2.45, 2.75) is 96.8 Å². The van der Waals surface area contributed by atoms with Crippen molar-refractivity contribution in [2.75, 3.05) is 0 Å². The maximum atomic E-state index is 4.67. The van der Waals surface area contributed by atoms with Crippen molar-refractivity contribution in [2.24, 2.45) is 5.92 Å². The normalized spacial score (nSPS) is 21.9. The average molecular weight is 303 g/mol. The maximum absolute atomic E-state index is 4.67. The molecule has 0 radical (unpaired) electrons. The highest BCUT2D eigenvalue weighted by molar-refractivity contribution is 5.08. The fourth-order valence-corrected chi connectivity index (χ4v) is 3.68. The molecule has 1 fully saturated rings. The van der Waals surface area contributed by atoms with Crippen LogP contribution in [-0.2, 0) is 6.42 Å². The highest BCUT2D eigenvalue weighted by atomic mass is 14.9. The van der Waals surface area contributed by atoms with Crippen LogP contribution in [0.15, 0.2) is 12.4 Å². The molecule has 1 aliphatic rings. The van der Waals surface area contributed by atoms with Crippen molar-refractivity contribution >= 4 is 0 Å². The molecule has 0 aliphatic heterocycles. The van der Waals surface area contributed by atoms with Gasteiger partial charge in [0, 0.05) is 18.3 Å². The second-order valence-electron chi connectivity index (χ2n) is 7.12. The summed E-state index contributed by atoms with van der Waals surface area (Å²) in [5.74, 6) is 2.69. The lowest BCUT2D eigenvalue weighted by Crippen LogP contribution is -2.15. The van der Waals surface area contributed by atoms with Crippen LogP contribution in [0.4, 0.5) is 0 Å². The van der Waals surface area contributed by atoms with Crippen LogP contribution in [0.1, 0.15) is 102 Å². The van der Waals surface area contributed by atoms with Crippen LogP contribution in [-0.4, -0.2) is 9.97 Å². The van der Waals surface area contributed by atoms with E-state index in [0.29, 0.717) is 5.92 Å². The summed E-state index contributed by atoms with van der Waals surface area (Å²) < 4.78 is 0. The zero-order chi connectivity index (χ0) is 15.6. The minimum Gasteiger partial charge on any atom is -0.241 e. The van der Waals surface area contributed by atoms with Gasteiger partial charge in [-0.1, -0.05) is 52.4 Å². The summed E-state index contributed by atoms with van der Waals surface area (Å²) in [4.78, 5) is 9.34. The van der Waals surface area contributed by atoms with Crippen molar-refractivity contribution in [3.05, 3.63) is 23.8 Å². The van der Waals surface area contributed by atoms with E-state index in [1.54, 1.807) is 0 Å². The van der Waals surface area contributed by atoms with E-state index in [4.69, 9.17) is 0 Å². The van der Waals surface area contributed by atoms with Crippen LogP contribution in [0.3, 0.4) is 0 Å². The van der Waals surface area contributed by atoms with E-state index in [1.807, 2.05) is 0 Å². The highest BCUT2D eigenvalue weighted by Gasteiger charge is 2.23. The topological polar surface area (TPSA) is 25.8 Å². The Bertz CT molecular complexity index is 391. The molecule has 2 nitrogen and oxygen atoms in total. The molecule has 0 atom stereocenters. The van der Waals surface area contributed by atoms with E-state index in [9.17, 15) is 0 Å². The summed E-state index contributed by atoms with van der Waals surface area (Å²) in [6.45, 7) is 4.54. The average Bonchev–Trinajstić information content (AvgIpc) is 2.57. The molecular formula is C20H34N2. The Kier molecular flexibility index (Phi) is 7.90. The van der Waals surface area contributed by atoms with Gasteiger partial charge >= 0.3 is 0 Å². The molecule has 1 aromatic heterocycles. The molecule has 1 heterocycles. The van der Waals surface area contributed by atoms with Gasteiger partial charge in [-0.05, 0) is 50.0 Å². The van der Waals surface area contributed by atoms with Gasteiger partial charge in [-0.2, -0.15) is 0 Å². The van der Waals surface area contributed by atoms with Gasteiger partial charge in [0.25, 0.3) is 0 Å². The van der Waals surface area contributed by atoms with Crippen LogP contribution >= 0.6 is 0 Å². The van der Waals surface area contributed by atoms with Gasteiger partial charge in [0.05, 0.1) is 0 Å². The standard InChI is InChI=1S/C20H34N2/c1-3-5-7-9-17-11-13-19(14-12-17)20-21-15-18(16-22-20)10-8-6-4-2/h15-17,19H,3-14H2,1-2H3. The van der Waals surface area contributed by atoms with Gasteiger partial charge in [0.15, 0.2) is 0 Å². The Morgan fingerprint density at radius 2 is 1.50 bits per heavy atom. The largest absolute Gasteiger partial charge is 0.241 e. The first-order valence-electron chi connectivity index (χ1n) is 9.64. The second-order valence-corrected chi connectivity index (χ2v) is 7.12. The molecule has 124 valence electrons. The fourth-order valence-electron chi connectivity index (χ4n) is 3.68. The molecule has 0 bridgehead atoms. The van der Waals surface area contributed by atoms with Crippen LogP contribution in [0.5, 0.6) is 0 Å². The molecule has 0 aromatic carbocycles. The number of aryl methyl sites for hydroxylation is 1. The summed E-state index contributed by atoms with van der Waals surface area (Å²) in [6.07, 6.45) is 20.1. The Hall–Kier alpha value is -0.920. The third-order valence-electron chi connectivity index (χ3n) is 5.22. The van der Waals surface area contributed by atoms with E-state index in [-0.39, 0.29) is 0 Å². The molecule has 22 heavy (non-hydrogen) atoms. The zero-order valence-electron chi connectivity index (χ0n) is 14.7. The summed E-state index contributed by atoms with van der Waals surface area (Å²) in [5.41, 5.74) is 1.31. The fraction of sp³-hybridized carbons (Fsp3) is 0.800. The first-order chi connectivity index (χ1) is 10.8. The zero-order valence-corrected chi connectivity index (χ0v) is 14.7. The molecule has 2 heteroatoms. The third kappa shape index (κ3) is 5.70. The van der Waals surface area contributed by atoms with Gasteiger partial charge < -0.3 is 0 Å². The molecule has 2 rings (SSSR count). The number of unbranched alkanes of at least 4 members (excludes halogenated alkanes) is 4. The van der Waals surface area contributed by atoms with Crippen molar-refractivity contribution in [3.63, 3.8) is 0 Å². The van der Waals surface area contributed by atoms with Gasteiger partial charge in [-0.15, -0.1) is 0 Å². The third-order valence-corrected chi connectivity index (χ3v) is 5.22. The first-order valence-corrected chi connectivity index (χ1v) is 9.64. The van der Waals surface area contributed by atoms with Gasteiger partial charge in [0.2, 0.25) is 0 Å². The summed E-state index contributed by atoms with van der Waals surface area (Å²) in [7, 11) is 0. The molecule has 1 aromatic rings. The highest BCUT2D eigenvalue weighted by Crippen LogP contribution is 2.36. The first kappa shape index (κ1) is 17.4. The van der Waals surface area contributed by atoms with Gasteiger partial charge in [0.1, 0.15) is 5.82 Å².